The monoisotopic (exact) mass is 265 g/mol. The van der Waals surface area contributed by atoms with Crippen LogP contribution in [0.3, 0.4) is 0 Å². The Hall–Kier alpha value is -0.710. The van der Waals surface area contributed by atoms with Crippen molar-refractivity contribution < 1.29 is 0 Å². The van der Waals surface area contributed by atoms with E-state index in [4.69, 9.17) is 5.84 Å². The fourth-order valence-corrected chi connectivity index (χ4v) is 3.17. The lowest BCUT2D eigenvalue weighted by molar-refractivity contribution is 0.534. The first-order chi connectivity index (χ1) is 8.79. The summed E-state index contributed by atoms with van der Waals surface area (Å²) in [5.41, 5.74) is 5.60. The number of hydrazine groups is 1. The van der Waals surface area contributed by atoms with E-state index in [9.17, 15) is 0 Å². The van der Waals surface area contributed by atoms with Gasteiger partial charge in [-0.15, -0.1) is 11.3 Å². The van der Waals surface area contributed by atoms with E-state index in [-0.39, 0.29) is 6.04 Å². The van der Waals surface area contributed by atoms with E-state index in [0.717, 1.165) is 17.1 Å². The van der Waals surface area contributed by atoms with E-state index in [0.29, 0.717) is 0 Å². The van der Waals surface area contributed by atoms with E-state index in [1.54, 1.807) is 11.3 Å². The normalized spacial score (nSPS) is 18.9. The Kier molecular flexibility index (Phi) is 5.35. The van der Waals surface area contributed by atoms with E-state index < -0.39 is 0 Å². The molecule has 3 N–H and O–H groups in total. The zero-order chi connectivity index (χ0) is 12.8. The molecule has 1 aliphatic carbocycles. The van der Waals surface area contributed by atoms with Crippen LogP contribution < -0.4 is 11.3 Å². The smallest absolute Gasteiger partial charge is 0.0897 e. The van der Waals surface area contributed by atoms with Crippen molar-refractivity contribution in [1.29, 1.82) is 0 Å². The standard InChI is InChI=1S/C14H23N3S/c1-11-16-13(10-18-11)9-14(17-15)12-7-5-3-2-4-6-8-12/h7,10,14,17H,2-6,8-9,15H2,1H3. The van der Waals surface area contributed by atoms with Crippen molar-refractivity contribution in [2.75, 3.05) is 0 Å². The van der Waals surface area contributed by atoms with Gasteiger partial charge in [-0.25, -0.2) is 4.98 Å². The molecule has 1 atom stereocenters. The van der Waals surface area contributed by atoms with Crippen LogP contribution in [0.1, 0.15) is 49.2 Å². The van der Waals surface area contributed by atoms with Crippen LogP contribution in [0.5, 0.6) is 0 Å². The van der Waals surface area contributed by atoms with Crippen molar-refractivity contribution in [2.24, 2.45) is 5.84 Å². The zero-order valence-corrected chi connectivity index (χ0v) is 11.9. The van der Waals surface area contributed by atoms with Gasteiger partial charge >= 0.3 is 0 Å². The first-order valence-corrected chi connectivity index (χ1v) is 7.73. The lowest BCUT2D eigenvalue weighted by Gasteiger charge is -2.20. The fourth-order valence-electron chi connectivity index (χ4n) is 2.54. The third-order valence-corrected chi connectivity index (χ3v) is 4.38. The van der Waals surface area contributed by atoms with Gasteiger partial charge in [-0.05, 0) is 32.6 Å². The summed E-state index contributed by atoms with van der Waals surface area (Å²) in [6.45, 7) is 2.05. The topological polar surface area (TPSA) is 50.9 Å². The molecule has 0 spiro atoms. The molecule has 1 unspecified atom stereocenters. The molecule has 1 aliphatic rings. The van der Waals surface area contributed by atoms with Gasteiger partial charge in [0, 0.05) is 17.8 Å². The summed E-state index contributed by atoms with van der Waals surface area (Å²) in [5, 5.41) is 3.27. The summed E-state index contributed by atoms with van der Waals surface area (Å²) >= 11 is 1.71. The molecular formula is C14H23N3S. The quantitative estimate of drug-likeness (QED) is 0.499. The van der Waals surface area contributed by atoms with Crippen LogP contribution in [0, 0.1) is 6.92 Å². The van der Waals surface area contributed by atoms with E-state index >= 15 is 0 Å². The second-order valence-corrected chi connectivity index (χ2v) is 6.08. The van der Waals surface area contributed by atoms with Crippen LogP contribution in [0.2, 0.25) is 0 Å². The Morgan fingerprint density at radius 1 is 1.39 bits per heavy atom. The summed E-state index contributed by atoms with van der Waals surface area (Å²) in [6, 6.07) is 0.254. The lowest BCUT2D eigenvalue weighted by atomic mass is 9.93. The molecule has 0 aliphatic heterocycles. The summed E-state index contributed by atoms with van der Waals surface area (Å²) in [6.07, 6.45) is 11.0. The third kappa shape index (κ3) is 3.90. The van der Waals surface area contributed by atoms with E-state index in [2.05, 4.69) is 21.9 Å². The number of hydrogen-bond acceptors (Lipinski definition) is 4. The number of nitrogens with one attached hydrogen (secondary N) is 1. The number of thiazole rings is 1. The summed E-state index contributed by atoms with van der Waals surface area (Å²) in [7, 11) is 0. The first kappa shape index (κ1) is 13.7. The highest BCUT2D eigenvalue weighted by Crippen LogP contribution is 2.21. The lowest BCUT2D eigenvalue weighted by Crippen LogP contribution is -2.38. The summed E-state index contributed by atoms with van der Waals surface area (Å²) in [4.78, 5) is 4.53. The number of allylic oxidation sites excluding steroid dienone is 1. The van der Waals surface area contributed by atoms with Gasteiger partial charge in [-0.3, -0.25) is 11.3 Å². The zero-order valence-electron chi connectivity index (χ0n) is 11.1. The van der Waals surface area contributed by atoms with Crippen LogP contribution in [0.4, 0.5) is 0 Å². The molecule has 0 fully saturated rings. The molecule has 18 heavy (non-hydrogen) atoms. The minimum Gasteiger partial charge on any atom is -0.271 e. The Morgan fingerprint density at radius 3 is 2.94 bits per heavy atom. The Labute approximate surface area is 113 Å². The Morgan fingerprint density at radius 2 is 2.22 bits per heavy atom. The van der Waals surface area contributed by atoms with Gasteiger partial charge in [-0.2, -0.15) is 0 Å². The van der Waals surface area contributed by atoms with E-state index in [1.165, 1.54) is 44.1 Å². The molecule has 0 aromatic carbocycles. The van der Waals surface area contributed by atoms with Gasteiger partial charge in [0.1, 0.15) is 0 Å². The molecule has 2 rings (SSSR count). The maximum atomic E-state index is 5.73. The minimum absolute atomic E-state index is 0.254. The van der Waals surface area contributed by atoms with Crippen LogP contribution in [0.15, 0.2) is 17.0 Å². The van der Waals surface area contributed by atoms with Crippen LogP contribution in [0.25, 0.3) is 0 Å². The Balaban J connectivity index is 2.02. The molecule has 3 nitrogen and oxygen atoms in total. The van der Waals surface area contributed by atoms with Crippen molar-refractivity contribution in [2.45, 2.75) is 57.9 Å². The largest absolute Gasteiger partial charge is 0.271 e. The Bertz CT molecular complexity index is 397. The van der Waals surface area contributed by atoms with Crippen molar-refractivity contribution in [3.05, 3.63) is 27.7 Å². The maximum Gasteiger partial charge on any atom is 0.0897 e. The van der Waals surface area contributed by atoms with Gasteiger partial charge in [0.05, 0.1) is 10.7 Å². The predicted molar refractivity (Wildman–Crippen MR) is 77.5 cm³/mol. The molecule has 1 aromatic heterocycles. The highest BCUT2D eigenvalue weighted by atomic mass is 32.1. The van der Waals surface area contributed by atoms with Gasteiger partial charge in [-0.1, -0.05) is 24.5 Å². The molecule has 0 bridgehead atoms. The number of aryl methyl sites for hydroxylation is 1. The molecule has 1 heterocycles. The van der Waals surface area contributed by atoms with Crippen molar-refractivity contribution >= 4 is 11.3 Å². The number of aromatic nitrogens is 1. The average Bonchev–Trinajstić information content (AvgIpc) is 2.72. The van der Waals surface area contributed by atoms with Crippen molar-refractivity contribution in [1.82, 2.24) is 10.4 Å². The van der Waals surface area contributed by atoms with Crippen molar-refractivity contribution in [3.63, 3.8) is 0 Å². The molecule has 0 radical (unpaired) electrons. The molecule has 4 heteroatoms. The molecule has 1 aromatic rings. The van der Waals surface area contributed by atoms with Crippen LogP contribution in [-0.2, 0) is 6.42 Å². The molecule has 0 amide bonds. The molecule has 100 valence electrons. The predicted octanol–water partition coefficient (Wildman–Crippen LogP) is 3.11. The number of rotatable bonds is 4. The number of hydrogen-bond donors (Lipinski definition) is 2. The van der Waals surface area contributed by atoms with Crippen LogP contribution in [-0.4, -0.2) is 11.0 Å². The maximum absolute atomic E-state index is 5.73. The van der Waals surface area contributed by atoms with Gasteiger partial charge < -0.3 is 0 Å². The van der Waals surface area contributed by atoms with Crippen molar-refractivity contribution in [3.8, 4) is 0 Å². The summed E-state index contributed by atoms with van der Waals surface area (Å²) < 4.78 is 0. The minimum atomic E-state index is 0.254. The van der Waals surface area contributed by atoms with E-state index in [1.807, 2.05) is 6.92 Å². The highest BCUT2D eigenvalue weighted by molar-refractivity contribution is 7.09. The summed E-state index contributed by atoms with van der Waals surface area (Å²) in [5.74, 6) is 5.73. The van der Waals surface area contributed by atoms with Gasteiger partial charge in [0.2, 0.25) is 0 Å². The van der Waals surface area contributed by atoms with Crippen LogP contribution >= 0.6 is 11.3 Å². The highest BCUT2D eigenvalue weighted by Gasteiger charge is 2.15. The molecule has 0 saturated heterocycles. The second-order valence-electron chi connectivity index (χ2n) is 5.01. The number of nitrogens with zero attached hydrogens (tertiary/aromatic N) is 1. The third-order valence-electron chi connectivity index (χ3n) is 3.55. The average molecular weight is 265 g/mol. The van der Waals surface area contributed by atoms with Gasteiger partial charge in [0.15, 0.2) is 0 Å². The molecular weight excluding hydrogens is 242 g/mol. The second kappa shape index (κ2) is 7.02. The number of nitrogens with two attached hydrogens (primary N) is 1. The fraction of sp³-hybridized carbons (Fsp3) is 0.643. The SMILES string of the molecule is Cc1nc(CC(NN)C2=CCCCCCC2)cs1. The first-order valence-electron chi connectivity index (χ1n) is 6.85. The molecule has 0 saturated carbocycles. The van der Waals surface area contributed by atoms with Gasteiger partial charge in [0.25, 0.3) is 0 Å².